The summed E-state index contributed by atoms with van der Waals surface area (Å²) >= 11 is 0. The highest BCUT2D eigenvalue weighted by Gasteiger charge is 2.41. The number of nitrogens with zero attached hydrogens (tertiary/aromatic N) is 3. The molecule has 33 heavy (non-hydrogen) atoms. The molecule has 2 saturated heterocycles. The molecule has 3 fully saturated rings. The van der Waals surface area contributed by atoms with E-state index in [4.69, 9.17) is 4.74 Å². The van der Waals surface area contributed by atoms with Gasteiger partial charge in [-0.3, -0.25) is 24.6 Å². The Hall–Kier alpha value is -2.92. The molecule has 3 aliphatic heterocycles. The van der Waals surface area contributed by atoms with Crippen molar-refractivity contribution in [3.8, 4) is 11.8 Å². The number of benzene rings is 1. The Morgan fingerprint density at radius 3 is 2.67 bits per heavy atom. The van der Waals surface area contributed by atoms with Crippen LogP contribution < -0.4 is 10.1 Å². The first-order chi connectivity index (χ1) is 15.9. The van der Waals surface area contributed by atoms with Crippen molar-refractivity contribution in [2.45, 2.75) is 76.6 Å². The molecule has 1 aromatic carbocycles. The SMILES string of the molecule is CC1(C#N)CCN([C@H]2CCC[C@@H]2Oc2ccc3c(c2)CN(C2CCC(=O)NC2=O)C3=O)CC1. The molecule has 1 saturated carbocycles. The molecule has 1 unspecified atom stereocenters. The summed E-state index contributed by atoms with van der Waals surface area (Å²) in [6, 6.07) is 7.79. The highest BCUT2D eigenvalue weighted by molar-refractivity contribution is 6.05. The first-order valence-corrected chi connectivity index (χ1v) is 12.0. The maximum absolute atomic E-state index is 12.9. The van der Waals surface area contributed by atoms with Gasteiger partial charge in [0.05, 0.1) is 11.5 Å². The average molecular weight is 451 g/mol. The molecule has 8 heteroatoms. The minimum absolute atomic E-state index is 0.0952. The van der Waals surface area contributed by atoms with Crippen molar-refractivity contribution in [3.05, 3.63) is 29.3 Å². The summed E-state index contributed by atoms with van der Waals surface area (Å²) in [4.78, 5) is 40.7. The highest BCUT2D eigenvalue weighted by atomic mass is 16.5. The van der Waals surface area contributed by atoms with Crippen LogP contribution in [0, 0.1) is 16.7 Å². The number of imide groups is 1. The first-order valence-electron chi connectivity index (χ1n) is 12.0. The zero-order chi connectivity index (χ0) is 23.2. The Morgan fingerprint density at radius 1 is 1.15 bits per heavy atom. The van der Waals surface area contributed by atoms with E-state index in [-0.39, 0.29) is 29.8 Å². The molecule has 3 amide bonds. The van der Waals surface area contributed by atoms with E-state index in [1.807, 2.05) is 12.1 Å². The lowest BCUT2D eigenvalue weighted by atomic mass is 9.81. The fourth-order valence-electron chi connectivity index (χ4n) is 5.72. The fraction of sp³-hybridized carbons (Fsp3) is 0.600. The minimum atomic E-state index is -0.607. The quantitative estimate of drug-likeness (QED) is 0.707. The van der Waals surface area contributed by atoms with Gasteiger partial charge in [0.15, 0.2) is 0 Å². The fourth-order valence-corrected chi connectivity index (χ4v) is 5.72. The van der Waals surface area contributed by atoms with Crippen LogP contribution in [0.1, 0.15) is 67.8 Å². The zero-order valence-electron chi connectivity index (χ0n) is 19.0. The molecule has 3 atom stereocenters. The van der Waals surface area contributed by atoms with Crippen LogP contribution in [-0.4, -0.2) is 58.8 Å². The van der Waals surface area contributed by atoms with Crippen LogP contribution in [0.2, 0.25) is 0 Å². The van der Waals surface area contributed by atoms with Crippen molar-refractivity contribution in [1.82, 2.24) is 15.1 Å². The summed E-state index contributed by atoms with van der Waals surface area (Å²) < 4.78 is 6.44. The maximum Gasteiger partial charge on any atom is 0.255 e. The van der Waals surface area contributed by atoms with Crippen molar-refractivity contribution in [1.29, 1.82) is 5.26 Å². The van der Waals surface area contributed by atoms with Crippen molar-refractivity contribution < 1.29 is 19.1 Å². The highest BCUT2D eigenvalue weighted by Crippen LogP contribution is 2.36. The monoisotopic (exact) mass is 450 g/mol. The van der Waals surface area contributed by atoms with E-state index in [1.54, 1.807) is 11.0 Å². The largest absolute Gasteiger partial charge is 0.489 e. The van der Waals surface area contributed by atoms with E-state index in [1.165, 1.54) is 0 Å². The summed E-state index contributed by atoms with van der Waals surface area (Å²) in [6.45, 7) is 4.25. The standard InChI is InChI=1S/C25H30N4O4/c1-25(15-26)9-11-28(12-10-25)19-3-2-4-21(19)33-17-5-6-18-16(13-17)14-29(24(18)32)20-7-8-22(30)27-23(20)31/h5-6,13,19-21H,2-4,7-12,14H2,1H3,(H,27,30,31)/t19-,20?,21-/m0/s1. The number of rotatable bonds is 4. The van der Waals surface area contributed by atoms with Crippen LogP contribution >= 0.6 is 0 Å². The normalized spacial score (nSPS) is 29.5. The average Bonchev–Trinajstić information content (AvgIpc) is 3.39. The van der Waals surface area contributed by atoms with Gasteiger partial charge in [0.25, 0.3) is 5.91 Å². The predicted octanol–water partition coefficient (Wildman–Crippen LogP) is 2.37. The number of hydrogen-bond acceptors (Lipinski definition) is 6. The van der Waals surface area contributed by atoms with Gasteiger partial charge in [0.2, 0.25) is 11.8 Å². The van der Waals surface area contributed by atoms with Gasteiger partial charge in [-0.1, -0.05) is 0 Å². The predicted molar refractivity (Wildman–Crippen MR) is 119 cm³/mol. The van der Waals surface area contributed by atoms with E-state index in [0.29, 0.717) is 24.6 Å². The topological polar surface area (TPSA) is 103 Å². The molecule has 4 aliphatic rings. The Kier molecular flexibility index (Phi) is 5.61. The molecule has 1 aromatic rings. The van der Waals surface area contributed by atoms with Gasteiger partial charge < -0.3 is 9.64 Å². The number of nitrogens with one attached hydrogen (secondary N) is 1. The summed E-state index contributed by atoms with van der Waals surface area (Å²) in [5.41, 5.74) is 1.24. The Bertz CT molecular complexity index is 1020. The van der Waals surface area contributed by atoms with E-state index in [0.717, 1.165) is 56.5 Å². The van der Waals surface area contributed by atoms with E-state index >= 15 is 0 Å². The van der Waals surface area contributed by atoms with Gasteiger partial charge in [-0.2, -0.15) is 5.26 Å². The number of nitriles is 1. The lowest BCUT2D eigenvalue weighted by Crippen LogP contribution is -2.52. The van der Waals surface area contributed by atoms with Crippen molar-refractivity contribution in [3.63, 3.8) is 0 Å². The number of likely N-dealkylation sites (tertiary alicyclic amines) is 1. The molecule has 1 aliphatic carbocycles. The smallest absolute Gasteiger partial charge is 0.255 e. The lowest BCUT2D eigenvalue weighted by molar-refractivity contribution is -0.136. The van der Waals surface area contributed by atoms with Crippen molar-refractivity contribution in [2.24, 2.45) is 5.41 Å². The molecule has 0 spiro atoms. The number of carbonyl (C=O) groups excluding carboxylic acids is 3. The second-order valence-corrected chi connectivity index (χ2v) is 10.1. The van der Waals surface area contributed by atoms with Crippen LogP contribution in [0.5, 0.6) is 5.75 Å². The molecule has 0 aromatic heterocycles. The molecule has 3 heterocycles. The van der Waals surface area contributed by atoms with Gasteiger partial charge >= 0.3 is 0 Å². The maximum atomic E-state index is 12.9. The zero-order valence-corrected chi connectivity index (χ0v) is 19.0. The summed E-state index contributed by atoms with van der Waals surface area (Å²) in [6.07, 6.45) is 5.70. The molecule has 1 N–H and O–H groups in total. The van der Waals surface area contributed by atoms with Gasteiger partial charge in [-0.15, -0.1) is 0 Å². The number of ether oxygens (including phenoxy) is 1. The van der Waals surface area contributed by atoms with Crippen LogP contribution in [0.4, 0.5) is 0 Å². The third-order valence-electron chi connectivity index (χ3n) is 7.84. The van der Waals surface area contributed by atoms with Gasteiger partial charge in [0.1, 0.15) is 17.9 Å². The third-order valence-corrected chi connectivity index (χ3v) is 7.84. The Labute approximate surface area is 193 Å². The Morgan fingerprint density at radius 2 is 1.94 bits per heavy atom. The second-order valence-electron chi connectivity index (χ2n) is 10.1. The Balaban J connectivity index is 1.25. The number of hydrogen-bond donors (Lipinski definition) is 1. The van der Waals surface area contributed by atoms with E-state index in [9.17, 15) is 19.6 Å². The van der Waals surface area contributed by atoms with Gasteiger partial charge in [0, 0.05) is 37.7 Å². The molecule has 174 valence electrons. The molecule has 0 radical (unpaired) electrons. The summed E-state index contributed by atoms with van der Waals surface area (Å²) in [5.74, 6) is -0.0963. The van der Waals surface area contributed by atoms with Gasteiger partial charge in [-0.05, 0) is 69.2 Å². The van der Waals surface area contributed by atoms with Crippen LogP contribution in [0.25, 0.3) is 0 Å². The third kappa shape index (κ3) is 4.10. The number of piperidine rings is 2. The minimum Gasteiger partial charge on any atom is -0.489 e. The molecular weight excluding hydrogens is 420 g/mol. The first kappa shape index (κ1) is 21.9. The van der Waals surface area contributed by atoms with Crippen molar-refractivity contribution in [2.75, 3.05) is 13.1 Å². The van der Waals surface area contributed by atoms with Crippen LogP contribution in [0.3, 0.4) is 0 Å². The number of fused-ring (bicyclic) bond motifs is 1. The summed E-state index contributed by atoms with van der Waals surface area (Å²) in [7, 11) is 0. The lowest BCUT2D eigenvalue weighted by Gasteiger charge is -2.40. The van der Waals surface area contributed by atoms with Gasteiger partial charge in [-0.25, -0.2) is 0 Å². The molecule has 0 bridgehead atoms. The van der Waals surface area contributed by atoms with Crippen LogP contribution in [0.15, 0.2) is 18.2 Å². The second kappa shape index (κ2) is 8.45. The number of carbonyl (C=O) groups is 3. The van der Waals surface area contributed by atoms with Crippen molar-refractivity contribution >= 4 is 17.7 Å². The summed E-state index contributed by atoms with van der Waals surface area (Å²) in [5, 5.41) is 11.8. The molecular formula is C25H30N4O4. The molecule has 8 nitrogen and oxygen atoms in total. The molecule has 5 rings (SSSR count). The number of amides is 3. The van der Waals surface area contributed by atoms with E-state index in [2.05, 4.69) is 23.2 Å². The van der Waals surface area contributed by atoms with E-state index < -0.39 is 11.9 Å². The van der Waals surface area contributed by atoms with Crippen LogP contribution in [-0.2, 0) is 16.1 Å².